The molecule has 0 spiro atoms. The molecule has 0 saturated carbocycles. The first-order valence-electron chi connectivity index (χ1n) is 9.73. The summed E-state index contributed by atoms with van der Waals surface area (Å²) >= 11 is 0.778. The van der Waals surface area contributed by atoms with Gasteiger partial charge < -0.3 is 9.47 Å². The van der Waals surface area contributed by atoms with Crippen LogP contribution in [-0.2, 0) is 10.0 Å². The molecule has 1 unspecified atom stereocenters. The summed E-state index contributed by atoms with van der Waals surface area (Å²) in [6.07, 6.45) is 0.491. The molecular formula is C21H24N4O5S2. The van der Waals surface area contributed by atoms with Gasteiger partial charge in [-0.3, -0.25) is 10.1 Å². The summed E-state index contributed by atoms with van der Waals surface area (Å²) in [4.78, 5) is 12.3. The highest BCUT2D eigenvalue weighted by Crippen LogP contribution is 2.32. The van der Waals surface area contributed by atoms with Crippen molar-refractivity contribution in [3.8, 4) is 11.5 Å². The molecule has 0 aliphatic carbocycles. The normalized spacial score (nSPS) is 12.2. The van der Waals surface area contributed by atoms with Crippen LogP contribution in [0.4, 0.5) is 5.13 Å². The highest BCUT2D eigenvalue weighted by atomic mass is 32.2. The number of nitrogens with zero attached hydrogens (tertiary/aromatic N) is 2. The molecule has 32 heavy (non-hydrogen) atoms. The number of benzene rings is 2. The Labute approximate surface area is 190 Å². The Kier molecular flexibility index (Phi) is 7.44. The Morgan fingerprint density at radius 2 is 1.75 bits per heavy atom. The minimum atomic E-state index is -3.97. The van der Waals surface area contributed by atoms with Crippen LogP contribution in [0.2, 0.25) is 0 Å². The lowest BCUT2D eigenvalue weighted by atomic mass is 10.1. The van der Waals surface area contributed by atoms with E-state index in [1.165, 1.54) is 14.2 Å². The number of carbonyl (C=O) groups excluding carboxylic acids is 1. The van der Waals surface area contributed by atoms with Crippen LogP contribution >= 0.6 is 11.3 Å². The van der Waals surface area contributed by atoms with Gasteiger partial charge in [0.2, 0.25) is 9.47 Å². The Balaban J connectivity index is 1.75. The van der Waals surface area contributed by atoms with E-state index in [2.05, 4.69) is 20.2 Å². The van der Waals surface area contributed by atoms with Gasteiger partial charge in [-0.1, -0.05) is 42.0 Å². The summed E-state index contributed by atoms with van der Waals surface area (Å²) in [6.45, 7) is 3.78. The van der Waals surface area contributed by atoms with E-state index in [1.807, 2.05) is 26.0 Å². The molecule has 0 radical (unpaired) electrons. The number of sulfonamides is 1. The molecule has 11 heteroatoms. The molecule has 0 bridgehead atoms. The van der Waals surface area contributed by atoms with Crippen molar-refractivity contribution in [3.63, 3.8) is 0 Å². The quantitative estimate of drug-likeness (QED) is 0.453. The van der Waals surface area contributed by atoms with Crippen molar-refractivity contribution in [1.29, 1.82) is 0 Å². The fraction of sp³-hybridized carbons (Fsp3) is 0.286. The van der Waals surface area contributed by atoms with Crippen molar-refractivity contribution in [2.75, 3.05) is 19.5 Å². The second kappa shape index (κ2) is 10.1. The Bertz CT molecular complexity index is 1190. The number of rotatable bonds is 9. The maximum atomic E-state index is 12.9. The second-order valence-electron chi connectivity index (χ2n) is 6.89. The Morgan fingerprint density at radius 1 is 1.06 bits per heavy atom. The van der Waals surface area contributed by atoms with E-state index in [0.717, 1.165) is 16.9 Å². The summed E-state index contributed by atoms with van der Waals surface area (Å²) in [6, 6.07) is 11.7. The zero-order valence-corrected chi connectivity index (χ0v) is 19.7. The molecule has 0 aliphatic rings. The van der Waals surface area contributed by atoms with Crippen LogP contribution in [0.15, 0.2) is 46.8 Å². The topological polar surface area (TPSA) is 120 Å². The first kappa shape index (κ1) is 23.6. The third kappa shape index (κ3) is 5.42. The van der Waals surface area contributed by atoms with Gasteiger partial charge in [-0.05, 0) is 43.2 Å². The summed E-state index contributed by atoms with van der Waals surface area (Å²) in [5.74, 6) is 0.654. The fourth-order valence-corrected chi connectivity index (χ4v) is 5.16. The molecule has 2 N–H and O–H groups in total. The smallest absolute Gasteiger partial charge is 0.270 e. The number of methoxy groups -OCH3 is 2. The first-order valence-corrected chi connectivity index (χ1v) is 12.0. The molecule has 3 rings (SSSR count). The second-order valence-corrected chi connectivity index (χ2v) is 9.76. The highest BCUT2D eigenvalue weighted by Gasteiger charge is 2.25. The molecule has 0 saturated heterocycles. The van der Waals surface area contributed by atoms with E-state index >= 15 is 0 Å². The van der Waals surface area contributed by atoms with Crippen LogP contribution in [0.1, 0.15) is 40.9 Å². The molecule has 2 aromatic carbocycles. The summed E-state index contributed by atoms with van der Waals surface area (Å²) in [5, 5.41) is 10.2. The predicted octanol–water partition coefficient (Wildman–Crippen LogP) is 3.55. The van der Waals surface area contributed by atoms with Crippen LogP contribution in [0.5, 0.6) is 11.5 Å². The largest absolute Gasteiger partial charge is 0.493 e. The number of nitrogens with one attached hydrogen (secondary N) is 2. The number of ether oxygens (including phenoxy) is 2. The minimum Gasteiger partial charge on any atom is -0.493 e. The minimum absolute atomic E-state index is 0.0927. The number of hydrogen-bond acceptors (Lipinski definition) is 8. The number of aryl methyl sites for hydroxylation is 1. The third-order valence-corrected chi connectivity index (χ3v) is 7.36. The monoisotopic (exact) mass is 476 g/mol. The fourth-order valence-electron chi connectivity index (χ4n) is 2.94. The molecule has 1 amide bonds. The number of anilines is 1. The number of aromatic nitrogens is 2. The van der Waals surface area contributed by atoms with E-state index in [1.54, 1.807) is 30.3 Å². The van der Waals surface area contributed by atoms with Gasteiger partial charge in [0.25, 0.3) is 15.9 Å². The maximum absolute atomic E-state index is 12.9. The number of hydrogen-bond donors (Lipinski definition) is 2. The van der Waals surface area contributed by atoms with Crippen molar-refractivity contribution >= 4 is 32.4 Å². The molecule has 0 aliphatic heterocycles. The average molecular weight is 477 g/mol. The van der Waals surface area contributed by atoms with Gasteiger partial charge in [-0.25, -0.2) is 13.1 Å². The molecule has 3 aromatic rings. The van der Waals surface area contributed by atoms with E-state index < -0.39 is 22.0 Å². The van der Waals surface area contributed by atoms with E-state index in [0.29, 0.717) is 29.0 Å². The summed E-state index contributed by atoms with van der Waals surface area (Å²) in [7, 11) is -0.924. The lowest BCUT2D eigenvalue weighted by Crippen LogP contribution is -2.28. The van der Waals surface area contributed by atoms with Crippen LogP contribution < -0.4 is 19.5 Å². The number of amides is 1. The zero-order valence-electron chi connectivity index (χ0n) is 18.1. The van der Waals surface area contributed by atoms with Crippen molar-refractivity contribution in [2.45, 2.75) is 30.6 Å². The molecule has 170 valence electrons. The standard InChI is InChI=1S/C21H24N4O5S2/c1-5-16(15-10-11-17(29-3)18(12-15)30-4)25-32(27,28)21-24-23-20(31-21)22-19(26)14-8-6-13(2)7-9-14/h6-12,16,25H,5H2,1-4H3,(H,22,23,26). The molecule has 1 atom stereocenters. The number of carbonyl (C=O) groups is 1. The van der Waals surface area contributed by atoms with Gasteiger partial charge >= 0.3 is 0 Å². The molecule has 9 nitrogen and oxygen atoms in total. The van der Waals surface area contributed by atoms with Gasteiger partial charge in [0.05, 0.1) is 14.2 Å². The van der Waals surface area contributed by atoms with Gasteiger partial charge in [0.1, 0.15) is 0 Å². The maximum Gasteiger partial charge on any atom is 0.270 e. The van der Waals surface area contributed by atoms with Crippen LogP contribution in [0.3, 0.4) is 0 Å². The van der Waals surface area contributed by atoms with Gasteiger partial charge in [-0.15, -0.1) is 10.2 Å². The van der Waals surface area contributed by atoms with Gasteiger partial charge in [-0.2, -0.15) is 0 Å². The molecule has 1 heterocycles. The Morgan fingerprint density at radius 3 is 2.38 bits per heavy atom. The lowest BCUT2D eigenvalue weighted by molar-refractivity contribution is 0.102. The summed E-state index contributed by atoms with van der Waals surface area (Å²) < 4.78 is 38.7. The van der Waals surface area contributed by atoms with Crippen molar-refractivity contribution in [2.24, 2.45) is 0 Å². The highest BCUT2D eigenvalue weighted by molar-refractivity contribution is 7.91. The Hall–Kier alpha value is -3.02. The first-order chi connectivity index (χ1) is 15.3. The third-order valence-electron chi connectivity index (χ3n) is 4.69. The van der Waals surface area contributed by atoms with Crippen LogP contribution in [0.25, 0.3) is 0 Å². The van der Waals surface area contributed by atoms with E-state index in [9.17, 15) is 13.2 Å². The van der Waals surface area contributed by atoms with Crippen LogP contribution in [-0.4, -0.2) is 38.7 Å². The predicted molar refractivity (Wildman–Crippen MR) is 122 cm³/mol. The van der Waals surface area contributed by atoms with E-state index in [-0.39, 0.29) is 9.47 Å². The van der Waals surface area contributed by atoms with Crippen molar-refractivity contribution in [1.82, 2.24) is 14.9 Å². The molecular weight excluding hydrogens is 452 g/mol. The van der Waals surface area contributed by atoms with E-state index in [4.69, 9.17) is 9.47 Å². The summed E-state index contributed by atoms with van der Waals surface area (Å²) in [5.41, 5.74) is 2.18. The van der Waals surface area contributed by atoms with Crippen LogP contribution in [0, 0.1) is 6.92 Å². The van der Waals surface area contributed by atoms with Crippen molar-refractivity contribution < 1.29 is 22.7 Å². The lowest BCUT2D eigenvalue weighted by Gasteiger charge is -2.18. The SMILES string of the molecule is CCC(NS(=O)(=O)c1nnc(NC(=O)c2ccc(C)cc2)s1)c1ccc(OC)c(OC)c1. The average Bonchev–Trinajstić information content (AvgIpc) is 3.27. The molecule has 1 aromatic heterocycles. The van der Waals surface area contributed by atoms with Gasteiger partial charge in [0.15, 0.2) is 11.5 Å². The van der Waals surface area contributed by atoms with Crippen molar-refractivity contribution in [3.05, 3.63) is 59.2 Å². The zero-order chi connectivity index (χ0) is 23.3. The van der Waals surface area contributed by atoms with Gasteiger partial charge in [0, 0.05) is 11.6 Å². The molecule has 0 fully saturated rings.